The van der Waals surface area contributed by atoms with Gasteiger partial charge in [0, 0.05) is 49.5 Å². The highest BCUT2D eigenvalue weighted by atomic mass is 35.5. The molecule has 144 heavy (non-hydrogen) atoms. The number of hydrogen-bond donors (Lipinski definition) is 2. The number of rotatable bonds is 24. The second-order valence-electron chi connectivity index (χ2n) is 30.4. The minimum atomic E-state index is -6.09. The molecule has 0 amide bonds. The van der Waals surface area contributed by atoms with Gasteiger partial charge in [0.05, 0.1) is 86.3 Å². The molecule has 0 radical (unpaired) electrons. The van der Waals surface area contributed by atoms with Gasteiger partial charge in [0.25, 0.3) is 65.8 Å². The van der Waals surface area contributed by atoms with Crippen molar-refractivity contribution in [3.63, 3.8) is 0 Å². The molecule has 19 aromatic rings. The van der Waals surface area contributed by atoms with E-state index >= 15 is 0 Å². The third-order valence-corrected chi connectivity index (χ3v) is 30.8. The first-order valence-electron chi connectivity index (χ1n) is 41.8. The van der Waals surface area contributed by atoms with Crippen LogP contribution in [0.5, 0.6) is 23.0 Å². The third-order valence-electron chi connectivity index (χ3n) is 21.2. The van der Waals surface area contributed by atoms with Crippen LogP contribution < -0.4 is 18.4 Å². The molecule has 19 rings (SSSR count). The van der Waals surface area contributed by atoms with Crippen molar-refractivity contribution in [2.24, 2.45) is 0 Å². The number of carbonyl (C=O) groups is 1. The fraction of sp³-hybridized carbons (Fsp3) is 0.0792. The van der Waals surface area contributed by atoms with Crippen molar-refractivity contribution in [2.75, 3.05) is 0 Å². The molecule has 2 N–H and O–H groups in total. The van der Waals surface area contributed by atoms with Crippen LogP contribution in [0.1, 0.15) is 75.7 Å². The summed E-state index contributed by atoms with van der Waals surface area (Å²) in [6, 6.07) is 87.4. The van der Waals surface area contributed by atoms with E-state index in [-0.39, 0.29) is 95.5 Å². The number of benzene rings is 13. The van der Waals surface area contributed by atoms with Crippen LogP contribution in [-0.4, -0.2) is 79.7 Å². The van der Waals surface area contributed by atoms with Crippen molar-refractivity contribution in [2.45, 2.75) is 70.6 Å². The van der Waals surface area contributed by atoms with E-state index < -0.39 is 120 Å². The van der Waals surface area contributed by atoms with Gasteiger partial charge < -0.3 is 28.4 Å². The third kappa shape index (κ3) is 23.0. The predicted molar refractivity (Wildman–Crippen MR) is 526 cm³/mol. The molecule has 0 saturated carbocycles. The highest BCUT2D eigenvalue weighted by Gasteiger charge is 2.49. The fourth-order valence-electron chi connectivity index (χ4n) is 14.5. The van der Waals surface area contributed by atoms with E-state index in [1.165, 1.54) is 126 Å². The Morgan fingerprint density at radius 3 is 1.08 bits per heavy atom. The first-order valence-corrected chi connectivity index (χ1v) is 50.5. The second-order valence-corrected chi connectivity index (χ2v) is 40.6. The summed E-state index contributed by atoms with van der Waals surface area (Å²) < 4.78 is 294. The highest BCUT2D eigenvalue weighted by molar-refractivity contribution is 7.91. The van der Waals surface area contributed by atoms with Crippen LogP contribution in [0.3, 0.4) is 0 Å². The van der Waals surface area contributed by atoms with E-state index in [4.69, 9.17) is 73.8 Å². The minimum absolute atomic E-state index is 0.00607. The lowest BCUT2D eigenvalue weighted by Crippen LogP contribution is -2.28. The largest absolute Gasteiger partial charge is 0.534 e. The number of nitrogens with zero attached hydrogens (tertiary/aromatic N) is 6. The molecule has 0 fully saturated rings. The van der Waals surface area contributed by atoms with Crippen molar-refractivity contribution in [3.8, 4) is 23.0 Å². The van der Waals surface area contributed by atoms with Crippen molar-refractivity contribution in [1.82, 2.24) is 25.9 Å². The van der Waals surface area contributed by atoms with Gasteiger partial charge in [-0.2, -0.15) is 21.6 Å². The summed E-state index contributed by atoms with van der Waals surface area (Å²) >= 11 is 24.2. The summed E-state index contributed by atoms with van der Waals surface area (Å²) in [6.07, 6.45) is -9.43. The average Bonchev–Trinajstić information content (AvgIpc) is 1.60. The maximum Gasteiger partial charge on any atom is 0.534 e. The molecule has 43 heteroatoms. The standard InChI is InChI=1S/C22H16ClF2NO3S.C22H17NO4S.C16H9ClF5NO5S2.C16H9ClF2N2O2S.C15H13NO.C10H5ClF2N2/c23-21-17-13-19(22(24)25)26(30(27,28)16-9-5-2-6-10-16)18(17)11-12-20(21)29-14-15-7-3-1-4-8-15;24-15-19-13-18-14-20(27-16-17-7-3-1-4-8-17)11-12-22(18)23(19)28(25,26)21-9-5-2-6-10-21;17-14-10-8-12(15(18)19)23(29(24,25)9-4-2-1-3-5-9)11(10)6-7-13(14)28-30(26,27)16(20,21)22;1-20-12-7-8-13-11(15(12)17)9-14(16(18)19)21(13)24(22,23)10-5-3-2-4-6-10;1-2-4-12(5-3-1)11-17-14-6-7-15-13(10-14)8-9-16-15;1-14-7-3-2-6-5(9(7)11)4-8(15-6)10(12)13/h1-13,22H,14H2;1-15H,16H2;1-8,15H;2-9,16H;1-10,16H,11H2;2-4,10,15H. The number of alkyl halides is 11. The van der Waals surface area contributed by atoms with Crippen LogP contribution >= 0.6 is 46.4 Å². The zero-order valence-corrected chi connectivity index (χ0v) is 80.5. The van der Waals surface area contributed by atoms with Gasteiger partial charge >= 0.3 is 15.6 Å². The molecule has 23 nitrogen and oxygen atoms in total. The lowest BCUT2D eigenvalue weighted by molar-refractivity contribution is -0.0500. The molecule has 0 spiro atoms. The summed E-state index contributed by atoms with van der Waals surface area (Å²) in [6.45, 7) is 15.1. The molecule has 0 aliphatic rings. The maximum atomic E-state index is 13.8. The van der Waals surface area contributed by atoms with Gasteiger partial charge in [-0.15, -0.1) is 0 Å². The van der Waals surface area contributed by atoms with Crippen LogP contribution in [0, 0.1) is 13.1 Å². The first kappa shape index (κ1) is 105. The predicted octanol–water partition coefficient (Wildman–Crippen LogP) is 28.1. The van der Waals surface area contributed by atoms with Crippen LogP contribution in [0.2, 0.25) is 20.1 Å². The zero-order valence-electron chi connectivity index (χ0n) is 73.4. The van der Waals surface area contributed by atoms with Crippen molar-refractivity contribution >= 4 is 180 Å². The van der Waals surface area contributed by atoms with E-state index in [9.17, 15) is 95.2 Å². The Morgan fingerprint density at radius 1 is 0.347 bits per heavy atom. The number of aromatic nitrogens is 6. The van der Waals surface area contributed by atoms with Gasteiger partial charge in [-0.05, 0) is 174 Å². The molecule has 6 heterocycles. The Kier molecular flexibility index (Phi) is 32.6. The van der Waals surface area contributed by atoms with E-state index in [1.54, 1.807) is 60.7 Å². The molecular formula is C101H69Cl4F11N8O15S5. The Hall–Kier alpha value is -14.9. The molecule has 0 unspecified atom stereocenters. The zero-order chi connectivity index (χ0) is 103. The van der Waals surface area contributed by atoms with Crippen LogP contribution in [0.4, 0.5) is 59.7 Å². The number of halogens is 15. The number of nitrogens with one attached hydrogen (secondary N) is 2. The fourth-order valence-corrected chi connectivity index (χ4v) is 22.2. The van der Waals surface area contributed by atoms with E-state index in [1.807, 2.05) is 103 Å². The van der Waals surface area contributed by atoms with E-state index in [0.717, 1.165) is 56.7 Å². The first-order chi connectivity index (χ1) is 68.7. The molecule has 738 valence electrons. The van der Waals surface area contributed by atoms with Crippen molar-refractivity contribution < 1.29 is 114 Å². The van der Waals surface area contributed by atoms with Crippen molar-refractivity contribution in [1.29, 1.82) is 0 Å². The van der Waals surface area contributed by atoms with Gasteiger partial charge in [-0.25, -0.2) is 94.4 Å². The molecule has 0 saturated heterocycles. The lowest BCUT2D eigenvalue weighted by Gasteiger charge is -2.13. The number of hydrogen-bond acceptors (Lipinski definition) is 15. The number of carbonyl (C=O) groups excluding carboxylic acids is 1. The van der Waals surface area contributed by atoms with Crippen LogP contribution in [0.15, 0.2) is 359 Å². The Labute approximate surface area is 834 Å². The summed E-state index contributed by atoms with van der Waals surface area (Å²) in [5, 5.41) is 1.54. The summed E-state index contributed by atoms with van der Waals surface area (Å²) in [5.41, 5.74) is -3.06. The molecule has 6 aromatic heterocycles. The quantitative estimate of drug-likeness (QED) is 0.0187. The monoisotopic (exact) mass is 2140 g/mol. The molecule has 13 aromatic carbocycles. The maximum absolute atomic E-state index is 13.8. The number of aldehydes is 1. The normalized spacial score (nSPS) is 11.8. The number of aromatic amines is 2. The van der Waals surface area contributed by atoms with E-state index in [2.05, 4.69) is 42.0 Å². The Balaban J connectivity index is 0.000000139. The summed E-state index contributed by atoms with van der Waals surface area (Å²) in [4.78, 5) is 23.2. The molecule has 0 bridgehead atoms. The topological polar surface area (TPSA) is 285 Å². The smallest absolute Gasteiger partial charge is 0.489 e. The number of ether oxygens (including phenoxy) is 3. The van der Waals surface area contributed by atoms with E-state index in [0.29, 0.717) is 67.1 Å². The van der Waals surface area contributed by atoms with Gasteiger partial charge in [0.1, 0.15) is 54.2 Å². The van der Waals surface area contributed by atoms with Gasteiger partial charge in [0.2, 0.25) is 11.4 Å². The van der Waals surface area contributed by atoms with Crippen molar-refractivity contribution in [3.05, 3.63) is 428 Å². The molecule has 0 aliphatic heterocycles. The summed E-state index contributed by atoms with van der Waals surface area (Å²) in [5.74, 6) is 0.781. The summed E-state index contributed by atoms with van der Waals surface area (Å²) in [7, 11) is -23.0. The molecule has 0 atom stereocenters. The average molecular weight is 2150 g/mol. The number of fused-ring (bicyclic) bond motifs is 6. The molecular weight excluding hydrogens is 2080 g/mol. The lowest BCUT2D eigenvalue weighted by atomic mass is 10.2. The van der Waals surface area contributed by atoms with Gasteiger partial charge in [0.15, 0.2) is 12.0 Å². The Morgan fingerprint density at radius 2 is 0.688 bits per heavy atom. The van der Waals surface area contributed by atoms with Gasteiger partial charge in [-0.3, -0.25) is 4.79 Å². The van der Waals surface area contributed by atoms with Crippen LogP contribution in [0.25, 0.3) is 75.1 Å². The minimum Gasteiger partial charge on any atom is -0.489 e. The van der Waals surface area contributed by atoms with Crippen LogP contribution in [-0.2, 0) is 70.0 Å². The molecule has 0 aliphatic carbocycles. The van der Waals surface area contributed by atoms with Gasteiger partial charge in [-0.1, -0.05) is 222 Å². The highest BCUT2D eigenvalue weighted by Crippen LogP contribution is 2.45. The Bertz CT molecular complexity index is 8640. The SMILES string of the molecule is O=Cc1cc2cc(OCc3ccccc3)ccc2n1S(=O)(=O)c1ccccc1.O=S(=O)(c1ccccc1)n1c(C(F)F)cc2c(Cl)c(OCc3ccccc3)ccc21.O=S(=O)(c1ccccc1)n1c(C(F)F)cc2c(Cl)c(OS(=O)(=O)C(F)(F)F)ccc21.[C-]#[N+]c1ccc2[nH]c(C(F)F)cc2c1Cl.[C-]#[N+]c1ccc2c(cc(C(F)F)n2S(=O)(=O)c2ccccc2)c1Cl.c1ccc(COc2ccc3[nH]ccc3c2)cc1. The number of H-pyrrole nitrogens is 2. The second kappa shape index (κ2) is 44.7.